The summed E-state index contributed by atoms with van der Waals surface area (Å²) >= 11 is 0. The van der Waals surface area contributed by atoms with Gasteiger partial charge in [-0.05, 0) is 89.9 Å². The number of ether oxygens (including phenoxy) is 2. The Morgan fingerprint density at radius 3 is 0.846 bits per heavy atom. The van der Waals surface area contributed by atoms with Crippen LogP contribution in [0.25, 0.3) is 0 Å². The molecule has 0 aromatic heterocycles. The minimum absolute atomic E-state index is 0.0638. The van der Waals surface area contributed by atoms with Crippen LogP contribution in [-0.4, -0.2) is 36.4 Å². The van der Waals surface area contributed by atoms with E-state index in [4.69, 9.17) is 9.47 Å². The number of aliphatic hydroxyl groups is 1. The van der Waals surface area contributed by atoms with Crippen molar-refractivity contribution in [2.75, 3.05) is 13.2 Å². The molecule has 0 aromatic rings. The molecule has 0 aliphatic carbocycles. The second-order valence-electron chi connectivity index (χ2n) is 22.9. The fourth-order valence-electron chi connectivity index (χ4n) is 10.1. The molecule has 0 aliphatic heterocycles. The Morgan fingerprint density at radius 2 is 0.551 bits per heavy atom. The van der Waals surface area contributed by atoms with Gasteiger partial charge in [-0.2, -0.15) is 0 Å². The maximum absolute atomic E-state index is 12.4. The molecule has 0 saturated heterocycles. The standard InChI is InChI=1S/C73H130O5/c1-3-5-7-9-11-13-15-17-19-21-23-25-27-29-31-33-34-35-36-37-38-40-42-44-46-48-50-52-54-56-58-60-62-64-66-68-73(76)78-71(69-74)70-77-72(75)67-65-63-61-59-57-55-53-51-49-47-45-43-41-39-32-30-28-26-24-22-20-18-16-14-12-10-8-6-4-2/h5,7,11,13,17,19,22-25,29,31,34-35,71,74H,3-4,6,8-10,12,14-16,18,20-21,26-28,30,32-33,36-70H2,1-2H3/b7-5-,13-11-,19-17-,24-22-,25-23-,31-29-,35-34-. The Morgan fingerprint density at radius 1 is 0.308 bits per heavy atom. The van der Waals surface area contributed by atoms with E-state index in [1.54, 1.807) is 0 Å². The lowest BCUT2D eigenvalue weighted by Gasteiger charge is -2.15. The van der Waals surface area contributed by atoms with Crippen molar-refractivity contribution in [2.24, 2.45) is 0 Å². The molecule has 0 heterocycles. The Bertz CT molecular complexity index is 1420. The molecule has 0 rings (SSSR count). The first-order valence-electron chi connectivity index (χ1n) is 34.1. The number of rotatable bonds is 63. The number of carbonyl (C=O) groups excluding carboxylic acids is 2. The molecule has 5 heteroatoms. The van der Waals surface area contributed by atoms with E-state index in [0.717, 1.165) is 77.0 Å². The zero-order chi connectivity index (χ0) is 56.2. The summed E-state index contributed by atoms with van der Waals surface area (Å²) in [4.78, 5) is 24.6. The molecule has 0 aromatic carbocycles. The van der Waals surface area contributed by atoms with Crippen molar-refractivity contribution in [1.82, 2.24) is 0 Å². The lowest BCUT2D eigenvalue weighted by Crippen LogP contribution is -2.28. The summed E-state index contributed by atoms with van der Waals surface area (Å²) in [5, 5.41) is 9.70. The second kappa shape index (κ2) is 68.4. The summed E-state index contributed by atoms with van der Waals surface area (Å²) in [6.45, 7) is 4.07. The molecule has 0 aliphatic rings. The SMILES string of the molecule is CC/C=C\C/C=C\C/C=C\C/C=C\C/C=C\C/C=C\CCCCCCCCCCCCCCCCCCC(=O)OC(CO)COC(=O)CCCCCCCCCCCCCCCCCCC/C=C\CCCCCCCCCC. The minimum atomic E-state index is -0.775. The van der Waals surface area contributed by atoms with E-state index in [1.807, 2.05) is 0 Å². The third-order valence-corrected chi connectivity index (χ3v) is 15.2. The maximum atomic E-state index is 12.4. The van der Waals surface area contributed by atoms with E-state index in [9.17, 15) is 14.7 Å². The fourth-order valence-corrected chi connectivity index (χ4v) is 10.1. The molecule has 5 nitrogen and oxygen atoms in total. The average Bonchev–Trinajstić information content (AvgIpc) is 3.44. The highest BCUT2D eigenvalue weighted by Gasteiger charge is 2.16. The van der Waals surface area contributed by atoms with Crippen LogP contribution in [0.3, 0.4) is 0 Å². The summed E-state index contributed by atoms with van der Waals surface area (Å²) < 4.78 is 10.8. The van der Waals surface area contributed by atoms with Crippen molar-refractivity contribution in [2.45, 2.75) is 354 Å². The lowest BCUT2D eigenvalue weighted by molar-refractivity contribution is -0.161. The van der Waals surface area contributed by atoms with Gasteiger partial charge in [-0.1, -0.05) is 330 Å². The molecule has 1 atom stereocenters. The number of esters is 2. The molecule has 0 fully saturated rings. The number of hydrogen-bond donors (Lipinski definition) is 1. The van der Waals surface area contributed by atoms with Crippen LogP contribution in [0.1, 0.15) is 348 Å². The summed E-state index contributed by atoms with van der Waals surface area (Å²) in [6, 6.07) is 0. The molecular formula is C73H130O5. The highest BCUT2D eigenvalue weighted by Crippen LogP contribution is 2.18. The van der Waals surface area contributed by atoms with Gasteiger partial charge < -0.3 is 14.6 Å². The van der Waals surface area contributed by atoms with Crippen LogP contribution in [0.15, 0.2) is 85.1 Å². The maximum Gasteiger partial charge on any atom is 0.306 e. The Kier molecular flexibility index (Phi) is 65.8. The largest absolute Gasteiger partial charge is 0.462 e. The topological polar surface area (TPSA) is 72.8 Å². The van der Waals surface area contributed by atoms with Gasteiger partial charge >= 0.3 is 11.9 Å². The lowest BCUT2D eigenvalue weighted by atomic mass is 10.0. The monoisotopic (exact) mass is 1090 g/mol. The Balaban J connectivity index is 3.44. The van der Waals surface area contributed by atoms with Crippen molar-refractivity contribution in [3.8, 4) is 0 Å². The first-order chi connectivity index (χ1) is 38.6. The van der Waals surface area contributed by atoms with Gasteiger partial charge in [0.25, 0.3) is 0 Å². The molecule has 0 bridgehead atoms. The van der Waals surface area contributed by atoms with Gasteiger partial charge in [0.1, 0.15) is 6.61 Å². The van der Waals surface area contributed by atoms with E-state index in [0.29, 0.717) is 12.8 Å². The van der Waals surface area contributed by atoms with E-state index in [-0.39, 0.29) is 25.2 Å². The highest BCUT2D eigenvalue weighted by atomic mass is 16.6. The third kappa shape index (κ3) is 65.6. The first-order valence-corrected chi connectivity index (χ1v) is 34.1. The molecule has 0 radical (unpaired) electrons. The van der Waals surface area contributed by atoms with Crippen LogP contribution in [0.4, 0.5) is 0 Å². The van der Waals surface area contributed by atoms with Gasteiger partial charge in [0.2, 0.25) is 0 Å². The van der Waals surface area contributed by atoms with Gasteiger partial charge in [0.05, 0.1) is 6.61 Å². The second-order valence-corrected chi connectivity index (χ2v) is 22.9. The minimum Gasteiger partial charge on any atom is -0.462 e. The number of hydrogen-bond acceptors (Lipinski definition) is 5. The number of allylic oxidation sites excluding steroid dienone is 14. The average molecular weight is 1090 g/mol. The number of aliphatic hydroxyl groups excluding tert-OH is 1. The predicted octanol–water partition coefficient (Wildman–Crippen LogP) is 23.7. The first kappa shape index (κ1) is 75.1. The van der Waals surface area contributed by atoms with Crippen LogP contribution < -0.4 is 0 Å². The molecule has 1 unspecified atom stereocenters. The fraction of sp³-hybridized carbons (Fsp3) is 0.781. The summed E-state index contributed by atoms with van der Waals surface area (Å²) in [5.41, 5.74) is 0. The van der Waals surface area contributed by atoms with Crippen molar-refractivity contribution in [3.05, 3.63) is 85.1 Å². The Hall–Kier alpha value is -2.92. The quantitative estimate of drug-likeness (QED) is 0.0373. The van der Waals surface area contributed by atoms with Gasteiger partial charge in [-0.25, -0.2) is 0 Å². The molecule has 452 valence electrons. The van der Waals surface area contributed by atoms with Crippen LogP contribution in [0.5, 0.6) is 0 Å². The van der Waals surface area contributed by atoms with Gasteiger partial charge in [0, 0.05) is 12.8 Å². The van der Waals surface area contributed by atoms with Crippen molar-refractivity contribution in [1.29, 1.82) is 0 Å². The summed E-state index contributed by atoms with van der Waals surface area (Å²) in [5.74, 6) is -0.575. The van der Waals surface area contributed by atoms with E-state index < -0.39 is 6.10 Å². The number of carbonyl (C=O) groups is 2. The highest BCUT2D eigenvalue weighted by molar-refractivity contribution is 5.70. The van der Waals surface area contributed by atoms with Crippen LogP contribution >= 0.6 is 0 Å². The predicted molar refractivity (Wildman–Crippen MR) is 343 cm³/mol. The number of unbranched alkanes of at least 4 members (excludes halogenated alkanes) is 41. The Labute approximate surface area is 486 Å². The van der Waals surface area contributed by atoms with E-state index in [1.165, 1.54) is 244 Å². The van der Waals surface area contributed by atoms with Crippen molar-refractivity contribution >= 4 is 11.9 Å². The molecule has 0 saturated carbocycles. The van der Waals surface area contributed by atoms with Crippen molar-refractivity contribution < 1.29 is 24.2 Å². The zero-order valence-corrected chi connectivity index (χ0v) is 51.9. The van der Waals surface area contributed by atoms with Gasteiger partial charge in [-0.3, -0.25) is 9.59 Å². The molecular weight excluding hydrogens is 957 g/mol. The molecule has 1 N–H and O–H groups in total. The zero-order valence-electron chi connectivity index (χ0n) is 51.9. The van der Waals surface area contributed by atoms with Crippen LogP contribution in [0.2, 0.25) is 0 Å². The third-order valence-electron chi connectivity index (χ3n) is 15.2. The molecule has 0 spiro atoms. The smallest absolute Gasteiger partial charge is 0.306 e. The summed E-state index contributed by atoms with van der Waals surface area (Å²) in [7, 11) is 0. The van der Waals surface area contributed by atoms with Gasteiger partial charge in [0.15, 0.2) is 6.10 Å². The van der Waals surface area contributed by atoms with E-state index >= 15 is 0 Å². The molecule has 78 heavy (non-hydrogen) atoms. The van der Waals surface area contributed by atoms with Gasteiger partial charge in [-0.15, -0.1) is 0 Å². The van der Waals surface area contributed by atoms with Crippen LogP contribution in [-0.2, 0) is 19.1 Å². The van der Waals surface area contributed by atoms with E-state index in [2.05, 4.69) is 98.9 Å². The van der Waals surface area contributed by atoms with Crippen molar-refractivity contribution in [3.63, 3.8) is 0 Å². The van der Waals surface area contributed by atoms with Crippen LogP contribution in [0, 0.1) is 0 Å². The summed E-state index contributed by atoms with van der Waals surface area (Å²) in [6.07, 6.45) is 96.1. The molecule has 0 amide bonds. The normalized spacial score (nSPS) is 12.7.